The van der Waals surface area contributed by atoms with Crippen LogP contribution >= 0.6 is 23.4 Å². The number of thioether (sulfide) groups is 1. The molecule has 3 aromatic rings. The molecule has 0 aliphatic carbocycles. The topological polar surface area (TPSA) is 185 Å². The van der Waals surface area contributed by atoms with E-state index in [4.69, 9.17) is 11.6 Å². The zero-order valence-electron chi connectivity index (χ0n) is 36.7. The van der Waals surface area contributed by atoms with Crippen LogP contribution in [0.25, 0.3) is 0 Å². The fraction of sp³-hybridized carbons (Fsp3) is 0.511. The van der Waals surface area contributed by atoms with Gasteiger partial charge in [0.1, 0.15) is 23.5 Å². The van der Waals surface area contributed by atoms with Crippen molar-refractivity contribution in [2.75, 3.05) is 79.3 Å². The van der Waals surface area contributed by atoms with Crippen molar-refractivity contribution in [2.24, 2.45) is 10.9 Å². The van der Waals surface area contributed by atoms with Crippen LogP contribution in [0.2, 0.25) is 5.02 Å². The number of benzene rings is 2. The minimum absolute atomic E-state index is 0.0699. The van der Waals surface area contributed by atoms with Gasteiger partial charge < -0.3 is 25.8 Å². The summed E-state index contributed by atoms with van der Waals surface area (Å²) in [5, 5.41) is 12.9. The van der Waals surface area contributed by atoms with Crippen molar-refractivity contribution in [1.29, 1.82) is 0 Å². The molecular weight excluding hydrogens is 842 g/mol. The molecule has 4 N–H and O–H groups in total. The molecule has 4 fully saturated rings. The van der Waals surface area contributed by atoms with E-state index < -0.39 is 23.8 Å². The van der Waals surface area contributed by atoms with Crippen molar-refractivity contribution >= 4 is 81.1 Å². The van der Waals surface area contributed by atoms with Crippen LogP contribution in [-0.4, -0.2) is 131 Å². The lowest BCUT2D eigenvalue weighted by Crippen LogP contribution is -2.61. The number of aromatic nitrogens is 2. The van der Waals surface area contributed by atoms with Crippen molar-refractivity contribution in [3.8, 4) is 0 Å². The number of piperazine rings is 1. The summed E-state index contributed by atoms with van der Waals surface area (Å²) < 4.78 is 0. The van der Waals surface area contributed by atoms with Crippen molar-refractivity contribution < 1.29 is 24.0 Å². The second-order valence-electron chi connectivity index (χ2n) is 16.5. The van der Waals surface area contributed by atoms with Gasteiger partial charge in [0.05, 0.1) is 27.1 Å². The molecule has 9 rings (SSSR count). The zero-order valence-corrected chi connectivity index (χ0v) is 38.3. The molecule has 0 saturated carbocycles. The first kappa shape index (κ1) is 45.9. The molecule has 0 radical (unpaired) electrons. The molecule has 7 heterocycles. The van der Waals surface area contributed by atoms with Crippen LogP contribution in [0.3, 0.4) is 0 Å². The molecule has 5 amide bonds. The minimum atomic E-state index is -0.917. The summed E-state index contributed by atoms with van der Waals surface area (Å²) in [5.41, 5.74) is 3.21. The summed E-state index contributed by atoms with van der Waals surface area (Å²) in [7, 11) is 0. The van der Waals surface area contributed by atoms with Crippen LogP contribution in [-0.2, 0) is 14.4 Å². The predicted octanol–water partition coefficient (Wildman–Crippen LogP) is 5.10. The molecule has 1 aromatic heterocycles. The van der Waals surface area contributed by atoms with Crippen molar-refractivity contribution in [2.45, 2.75) is 84.1 Å². The first-order chi connectivity index (χ1) is 30.4. The van der Waals surface area contributed by atoms with E-state index in [1.807, 2.05) is 52.0 Å². The largest absolute Gasteiger partial charge is 0.371 e. The van der Waals surface area contributed by atoms with Crippen LogP contribution < -0.4 is 31.1 Å². The smallest absolute Gasteiger partial charge is 0.262 e. The SMILES string of the molecule is CC.CC1CCN(c2ccc3c(c2)C(=O)N(C2CCC(=O)NC2=O)C3=O)CC1.Cc1nc(NC2=NCCC(C(=O)Nc3c(C)cccc3Cl)S2)cc(N2CCN(C3CNC3)CC2)n1. The fourth-order valence-corrected chi connectivity index (χ4v) is 9.68. The molecule has 18 heteroatoms. The minimum Gasteiger partial charge on any atom is -0.371 e. The standard InChI is InChI=1S/C24H31ClN8OS.C19H21N3O4.C2H6/c1-15-4-3-5-18(25)22(15)31-23(34)19-6-7-27-24(35-19)30-20-12-21(29-16(2)28-20)33-10-8-32(9-11-33)17-13-26-14-17;1-11-6-8-21(9-7-11)12-2-3-13-14(10-12)19(26)22(18(13)25)15-4-5-16(23)20-17(15)24;1-2/h3-5,12,17,19,26H,6-11,13-14H2,1-2H3,(H,31,34)(H,27,28,29,30);2-3,10-11,15H,4-9H2,1H3,(H,20,23,24);1-2H3. The summed E-state index contributed by atoms with van der Waals surface area (Å²) in [6, 6.07) is 12.6. The van der Waals surface area contributed by atoms with E-state index in [1.165, 1.54) is 11.8 Å². The molecule has 16 nitrogen and oxygen atoms in total. The van der Waals surface area contributed by atoms with Crippen LogP contribution in [0.15, 0.2) is 47.5 Å². The summed E-state index contributed by atoms with van der Waals surface area (Å²) in [4.78, 5) is 83.9. The van der Waals surface area contributed by atoms with Crippen LogP contribution in [0.4, 0.5) is 23.0 Å². The molecule has 2 unspecified atom stereocenters. The summed E-state index contributed by atoms with van der Waals surface area (Å²) in [6.45, 7) is 18.7. The highest BCUT2D eigenvalue weighted by Crippen LogP contribution is 2.33. The van der Waals surface area contributed by atoms with Gasteiger partial charge in [0.15, 0.2) is 5.17 Å². The van der Waals surface area contributed by atoms with Crippen molar-refractivity contribution in [3.63, 3.8) is 0 Å². The second-order valence-corrected chi connectivity index (χ2v) is 18.1. The number of nitrogens with zero attached hydrogens (tertiary/aromatic N) is 7. The van der Waals surface area contributed by atoms with Gasteiger partial charge >= 0.3 is 0 Å². The van der Waals surface area contributed by atoms with Crippen molar-refractivity contribution in [1.82, 2.24) is 30.4 Å². The Kier molecular flexibility index (Phi) is 15.0. The molecule has 6 aliphatic rings. The number of amides is 5. The molecular formula is C45H58ClN11O5S. The first-order valence-electron chi connectivity index (χ1n) is 22.1. The average molecular weight is 901 g/mol. The molecule has 0 bridgehead atoms. The lowest BCUT2D eigenvalue weighted by atomic mass is 9.98. The van der Waals surface area contributed by atoms with Gasteiger partial charge in [-0.3, -0.25) is 44.1 Å². The molecule has 2 aromatic carbocycles. The van der Waals surface area contributed by atoms with Gasteiger partial charge in [-0.25, -0.2) is 9.97 Å². The molecule has 63 heavy (non-hydrogen) atoms. The number of carbonyl (C=O) groups excluding carboxylic acids is 5. The normalized spacial score (nSPS) is 21.9. The Hall–Kier alpha value is -5.10. The molecule has 6 aliphatic heterocycles. The van der Waals surface area contributed by atoms with Gasteiger partial charge in [-0.1, -0.05) is 56.3 Å². The number of halogens is 1. The number of imide groups is 2. The Morgan fingerprint density at radius 3 is 2.27 bits per heavy atom. The summed E-state index contributed by atoms with van der Waals surface area (Å²) in [6.07, 6.45) is 3.17. The number of piperidine rings is 2. The maximum atomic E-state index is 13.0. The number of fused-ring (bicyclic) bond motifs is 1. The van der Waals surface area contributed by atoms with E-state index in [0.29, 0.717) is 63.6 Å². The lowest BCUT2D eigenvalue weighted by molar-refractivity contribution is -0.136. The second kappa shape index (κ2) is 20.6. The number of rotatable bonds is 7. The quantitative estimate of drug-likeness (QED) is 0.230. The number of para-hydroxylation sites is 1. The lowest BCUT2D eigenvalue weighted by Gasteiger charge is -2.43. The predicted molar refractivity (Wildman–Crippen MR) is 249 cm³/mol. The highest BCUT2D eigenvalue weighted by molar-refractivity contribution is 8.15. The van der Waals surface area contributed by atoms with Gasteiger partial charge in [0, 0.05) is 83.1 Å². The highest BCUT2D eigenvalue weighted by Gasteiger charge is 2.45. The van der Waals surface area contributed by atoms with Crippen LogP contribution in [0.5, 0.6) is 0 Å². The Balaban J connectivity index is 0.000000189. The summed E-state index contributed by atoms with van der Waals surface area (Å²) in [5.74, 6) is 1.10. The Morgan fingerprint density at radius 2 is 1.59 bits per heavy atom. The maximum absolute atomic E-state index is 13.0. The molecule has 2 atom stereocenters. The monoisotopic (exact) mass is 899 g/mol. The first-order valence-corrected chi connectivity index (χ1v) is 23.4. The van der Waals surface area contributed by atoms with Gasteiger partial charge in [-0.05, 0) is 75.3 Å². The van der Waals surface area contributed by atoms with Crippen molar-refractivity contribution in [3.05, 3.63) is 70.0 Å². The van der Waals surface area contributed by atoms with E-state index in [0.717, 1.165) is 87.2 Å². The number of aliphatic imine (C=N–C) groups is 1. The van der Waals surface area contributed by atoms with E-state index in [-0.39, 0.29) is 29.9 Å². The van der Waals surface area contributed by atoms with E-state index in [2.05, 4.69) is 57.9 Å². The number of hydrogen-bond acceptors (Lipinski definition) is 14. The molecule has 0 spiro atoms. The van der Waals surface area contributed by atoms with E-state index in [1.54, 1.807) is 18.2 Å². The number of aryl methyl sites for hydroxylation is 2. The maximum Gasteiger partial charge on any atom is 0.262 e. The van der Waals surface area contributed by atoms with Crippen LogP contribution in [0.1, 0.15) is 85.0 Å². The van der Waals surface area contributed by atoms with Crippen LogP contribution in [0, 0.1) is 19.8 Å². The Bertz CT molecular complexity index is 2220. The number of carbonyl (C=O) groups is 5. The Labute approximate surface area is 378 Å². The third kappa shape index (κ3) is 10.6. The Morgan fingerprint density at radius 1 is 0.857 bits per heavy atom. The number of hydrogen-bond donors (Lipinski definition) is 4. The highest BCUT2D eigenvalue weighted by atomic mass is 35.5. The third-order valence-corrected chi connectivity index (χ3v) is 13.7. The zero-order chi connectivity index (χ0) is 44.8. The third-order valence-electron chi connectivity index (χ3n) is 12.2. The summed E-state index contributed by atoms with van der Waals surface area (Å²) >= 11 is 7.72. The van der Waals surface area contributed by atoms with Gasteiger partial charge in [-0.15, -0.1) is 0 Å². The van der Waals surface area contributed by atoms with Gasteiger partial charge in [0.2, 0.25) is 17.7 Å². The van der Waals surface area contributed by atoms with Gasteiger partial charge in [0.25, 0.3) is 11.8 Å². The van der Waals surface area contributed by atoms with Gasteiger partial charge in [-0.2, -0.15) is 0 Å². The fourth-order valence-electron chi connectivity index (χ4n) is 8.42. The van der Waals surface area contributed by atoms with E-state index in [9.17, 15) is 24.0 Å². The number of anilines is 4. The number of amidine groups is 1. The molecule has 336 valence electrons. The average Bonchev–Trinajstić information content (AvgIpc) is 3.50. The number of nitrogens with one attached hydrogen (secondary N) is 4. The molecule has 4 saturated heterocycles. The van der Waals surface area contributed by atoms with E-state index >= 15 is 0 Å².